The van der Waals surface area contributed by atoms with Crippen LogP contribution >= 0.6 is 0 Å². The van der Waals surface area contributed by atoms with Gasteiger partial charge in [-0.25, -0.2) is 4.79 Å². The number of aliphatic hydroxyl groups is 1. The second-order valence-corrected chi connectivity index (χ2v) is 13.2. The van der Waals surface area contributed by atoms with E-state index in [-0.39, 0.29) is 18.0 Å². The Morgan fingerprint density at radius 1 is 1.07 bits per heavy atom. The normalized spacial score (nSPS) is 20.6. The number of carbonyl (C=O) groups excluding carboxylic acids is 2. The lowest BCUT2D eigenvalue weighted by Crippen LogP contribution is -2.43. The van der Waals surface area contributed by atoms with Crippen LogP contribution in [0.1, 0.15) is 82.2 Å². The Labute approximate surface area is 263 Å². The number of ether oxygens (including phenoxy) is 2. The minimum absolute atomic E-state index is 0.00613. The molecule has 1 heterocycles. The summed E-state index contributed by atoms with van der Waals surface area (Å²) in [5.74, 6) is -0.0378. The summed E-state index contributed by atoms with van der Waals surface area (Å²) in [4.78, 5) is 28.6. The lowest BCUT2D eigenvalue weighted by atomic mass is 9.72. The highest BCUT2D eigenvalue weighted by Crippen LogP contribution is 2.47. The van der Waals surface area contributed by atoms with E-state index in [4.69, 9.17) is 9.47 Å². The molecule has 2 aromatic carbocycles. The number of cyclic esters (lactones) is 1. The summed E-state index contributed by atoms with van der Waals surface area (Å²) in [5.41, 5.74) is -2.40. The molecule has 2 aliphatic rings. The Kier molecular flexibility index (Phi) is 9.26. The van der Waals surface area contributed by atoms with Crippen LogP contribution < -0.4 is 9.64 Å². The van der Waals surface area contributed by atoms with Gasteiger partial charge in [-0.05, 0) is 98.6 Å². The molecule has 1 aliphatic heterocycles. The highest BCUT2D eigenvalue weighted by molar-refractivity contribution is 5.98. The molecule has 0 radical (unpaired) electrons. The van der Waals surface area contributed by atoms with Crippen molar-refractivity contribution in [3.63, 3.8) is 0 Å². The van der Waals surface area contributed by atoms with E-state index in [9.17, 15) is 41.0 Å². The molecule has 7 nitrogen and oxygen atoms in total. The number of anilines is 1. The maximum atomic E-state index is 13.6. The number of likely N-dealkylation sites (N-methyl/N-ethyl adjacent to an activating group) is 1. The molecule has 0 bridgehead atoms. The number of hydrogen-bond acceptors (Lipinski definition) is 5. The first-order valence-electron chi connectivity index (χ1n) is 14.7. The number of nitrogens with zero attached hydrogens (tertiary/aromatic N) is 2. The summed E-state index contributed by atoms with van der Waals surface area (Å²) >= 11 is 0. The molecule has 0 aromatic heterocycles. The Morgan fingerprint density at radius 2 is 1.65 bits per heavy atom. The predicted molar refractivity (Wildman–Crippen MR) is 159 cm³/mol. The molecular formula is C33H38F6N2O5. The van der Waals surface area contributed by atoms with Crippen LogP contribution in [-0.2, 0) is 21.9 Å². The molecule has 13 heteroatoms. The molecule has 0 spiro atoms. The summed E-state index contributed by atoms with van der Waals surface area (Å²) in [5, 5.41) is 10.3. The zero-order valence-corrected chi connectivity index (χ0v) is 26.7. The zero-order valence-electron chi connectivity index (χ0n) is 26.7. The topological polar surface area (TPSA) is 79.3 Å². The maximum absolute atomic E-state index is 13.6. The maximum Gasteiger partial charge on any atom is 0.416 e. The summed E-state index contributed by atoms with van der Waals surface area (Å²) in [6.07, 6.45) is -10.5. The molecular weight excluding hydrogens is 618 g/mol. The first kappa shape index (κ1) is 35.1. The summed E-state index contributed by atoms with van der Waals surface area (Å²) in [6, 6.07) is 5.43. The minimum atomic E-state index is -5.05. The van der Waals surface area contributed by atoms with Gasteiger partial charge in [0.05, 0.1) is 24.3 Å². The minimum Gasteiger partial charge on any atom is -0.496 e. The molecule has 252 valence electrons. The van der Waals surface area contributed by atoms with Crippen molar-refractivity contribution in [3.05, 3.63) is 64.2 Å². The van der Waals surface area contributed by atoms with Crippen LogP contribution in [0.5, 0.6) is 5.75 Å². The number of hydrogen-bond donors (Lipinski definition) is 1. The van der Waals surface area contributed by atoms with Crippen LogP contribution in [0.4, 0.5) is 36.8 Å². The van der Waals surface area contributed by atoms with E-state index < -0.39 is 58.8 Å². The second kappa shape index (κ2) is 12.1. The third kappa shape index (κ3) is 7.29. The number of rotatable bonds is 7. The molecule has 1 saturated heterocycles. The molecule has 46 heavy (non-hydrogen) atoms. The molecule has 1 fully saturated rings. The van der Waals surface area contributed by atoms with Crippen molar-refractivity contribution in [3.8, 4) is 5.75 Å². The summed E-state index contributed by atoms with van der Waals surface area (Å²) < 4.78 is 92.5. The molecule has 4 rings (SSSR count). The van der Waals surface area contributed by atoms with Crippen LogP contribution in [0.25, 0.3) is 5.57 Å². The van der Waals surface area contributed by atoms with Crippen molar-refractivity contribution in [2.45, 2.75) is 84.0 Å². The van der Waals surface area contributed by atoms with Gasteiger partial charge in [0.15, 0.2) is 0 Å². The highest BCUT2D eigenvalue weighted by Gasteiger charge is 2.44. The zero-order chi connectivity index (χ0) is 34.6. The van der Waals surface area contributed by atoms with Gasteiger partial charge < -0.3 is 19.5 Å². The van der Waals surface area contributed by atoms with Crippen molar-refractivity contribution in [2.24, 2.45) is 5.41 Å². The number of allylic oxidation sites excluding steroid dienone is 1. The molecule has 1 N–H and O–H groups in total. The van der Waals surface area contributed by atoms with E-state index in [2.05, 4.69) is 13.8 Å². The fourth-order valence-corrected chi connectivity index (χ4v) is 6.07. The van der Waals surface area contributed by atoms with Crippen molar-refractivity contribution in [1.82, 2.24) is 4.90 Å². The monoisotopic (exact) mass is 656 g/mol. The van der Waals surface area contributed by atoms with Crippen molar-refractivity contribution >= 4 is 23.3 Å². The van der Waals surface area contributed by atoms with Gasteiger partial charge in [0.1, 0.15) is 17.5 Å². The van der Waals surface area contributed by atoms with Gasteiger partial charge in [0, 0.05) is 24.8 Å². The van der Waals surface area contributed by atoms with E-state index in [1.165, 1.54) is 44.7 Å². The van der Waals surface area contributed by atoms with Crippen LogP contribution in [0.3, 0.4) is 0 Å². The second-order valence-electron chi connectivity index (χ2n) is 13.2. The number of alkyl halides is 6. The van der Waals surface area contributed by atoms with Gasteiger partial charge in [-0.3, -0.25) is 9.69 Å². The van der Waals surface area contributed by atoms with E-state index >= 15 is 0 Å². The lowest BCUT2D eigenvalue weighted by molar-refractivity contribution is -0.143. The standard InChI is InChI=1S/C33H38F6N2O5/c1-18-27(19-12-21(32(34,35)36)14-22(13-19)33(37,38)39)46-29(43)41(18)17-20-16-30(2,3)11-10-24(20)25-15-23(8-9-26(25)45-7)40(6)28(42)31(4,5)44/h8-9,12-15,18,27,44H,10-11,16-17H2,1-7H3/t18-,27-/m0/s1. The third-order valence-corrected chi connectivity index (χ3v) is 8.59. The molecule has 2 aromatic rings. The Bertz CT molecular complexity index is 1510. The Balaban J connectivity index is 1.76. The fraction of sp³-hybridized carbons (Fsp3) is 0.515. The van der Waals surface area contributed by atoms with Crippen LogP contribution in [0.15, 0.2) is 42.0 Å². The van der Waals surface area contributed by atoms with E-state index in [1.54, 1.807) is 18.2 Å². The molecule has 1 aliphatic carbocycles. The third-order valence-electron chi connectivity index (χ3n) is 8.59. The van der Waals surface area contributed by atoms with E-state index in [0.29, 0.717) is 42.0 Å². The van der Waals surface area contributed by atoms with Crippen molar-refractivity contribution in [2.75, 3.05) is 25.6 Å². The Morgan fingerprint density at radius 3 is 2.17 bits per heavy atom. The highest BCUT2D eigenvalue weighted by atomic mass is 19.4. The van der Waals surface area contributed by atoms with Crippen molar-refractivity contribution in [1.29, 1.82) is 0 Å². The Hall–Kier alpha value is -3.74. The average molecular weight is 657 g/mol. The van der Waals surface area contributed by atoms with Gasteiger partial charge in [-0.1, -0.05) is 13.8 Å². The number of benzene rings is 2. The van der Waals surface area contributed by atoms with Crippen molar-refractivity contribution < 1.29 is 50.5 Å². The van der Waals surface area contributed by atoms with Gasteiger partial charge in [0.2, 0.25) is 0 Å². The number of halogens is 6. The van der Waals surface area contributed by atoms with Gasteiger partial charge in [-0.2, -0.15) is 26.3 Å². The predicted octanol–water partition coefficient (Wildman–Crippen LogP) is 8.01. The largest absolute Gasteiger partial charge is 0.496 e. The lowest BCUT2D eigenvalue weighted by Gasteiger charge is -2.36. The fourth-order valence-electron chi connectivity index (χ4n) is 6.07. The van der Waals surface area contributed by atoms with Crippen LogP contribution in [-0.4, -0.2) is 54.4 Å². The van der Waals surface area contributed by atoms with E-state index in [1.807, 2.05) is 0 Å². The number of carbonyl (C=O) groups is 2. The quantitative estimate of drug-likeness (QED) is 0.306. The molecule has 0 unspecified atom stereocenters. The summed E-state index contributed by atoms with van der Waals surface area (Å²) in [7, 11) is 3.02. The molecule has 2 atom stereocenters. The SMILES string of the molecule is COc1ccc(N(C)C(=O)C(C)(C)O)cc1C1=C(CN2C(=O)O[C@H](c3cc(C(F)(F)F)cc(C(F)(F)F)c3)[C@@H]2C)CC(C)(C)CC1. The van der Waals surface area contributed by atoms with Crippen LogP contribution in [0.2, 0.25) is 0 Å². The smallest absolute Gasteiger partial charge is 0.416 e. The molecule has 0 saturated carbocycles. The molecule has 2 amide bonds. The first-order chi connectivity index (χ1) is 21.0. The number of methoxy groups -OCH3 is 1. The summed E-state index contributed by atoms with van der Waals surface area (Å²) in [6.45, 7) is 8.41. The average Bonchev–Trinajstić information content (AvgIpc) is 3.22. The first-order valence-corrected chi connectivity index (χ1v) is 14.7. The van der Waals surface area contributed by atoms with Gasteiger partial charge >= 0.3 is 18.4 Å². The van der Waals surface area contributed by atoms with E-state index in [0.717, 1.165) is 17.6 Å². The van der Waals surface area contributed by atoms with Gasteiger partial charge in [-0.15, -0.1) is 0 Å². The number of amides is 2. The van der Waals surface area contributed by atoms with Gasteiger partial charge in [0.25, 0.3) is 5.91 Å². The van der Waals surface area contributed by atoms with Crippen LogP contribution in [0, 0.1) is 5.41 Å².